The second kappa shape index (κ2) is 13.7. The van der Waals surface area contributed by atoms with Gasteiger partial charge in [-0.2, -0.15) is 4.31 Å². The molecular formula is C20H38O7P2. The molecule has 0 aromatic rings. The van der Waals surface area contributed by atoms with E-state index in [-0.39, 0.29) is 5.92 Å². The lowest BCUT2D eigenvalue weighted by atomic mass is 9.95. The Bertz CT molecular complexity index is 668. The maximum Gasteiger partial charge on any atom is 0.481 e. The van der Waals surface area contributed by atoms with Crippen molar-refractivity contribution in [2.24, 2.45) is 5.92 Å². The molecule has 9 heteroatoms. The van der Waals surface area contributed by atoms with Gasteiger partial charge in [-0.05, 0) is 79.1 Å². The molecule has 0 aromatic heterocycles. The van der Waals surface area contributed by atoms with Gasteiger partial charge in [-0.1, -0.05) is 41.9 Å². The number of hydrogen-bond donors (Lipinski definition) is 3. The Balaban J connectivity index is 5.07. The molecule has 0 aromatic carbocycles. The molecule has 3 N–H and O–H groups in total. The minimum absolute atomic E-state index is 0.199. The first kappa shape index (κ1) is 28.5. The zero-order valence-electron chi connectivity index (χ0n) is 18.5. The van der Waals surface area contributed by atoms with Crippen LogP contribution in [-0.4, -0.2) is 20.8 Å². The number of rotatable bonds is 14. The van der Waals surface area contributed by atoms with E-state index in [4.69, 9.17) is 14.3 Å². The van der Waals surface area contributed by atoms with E-state index in [1.807, 2.05) is 47.6 Å². The zero-order chi connectivity index (χ0) is 22.7. The monoisotopic (exact) mass is 452 g/mol. The van der Waals surface area contributed by atoms with Crippen LogP contribution in [0, 0.1) is 5.92 Å². The van der Waals surface area contributed by atoms with Gasteiger partial charge < -0.3 is 14.7 Å². The van der Waals surface area contributed by atoms with Crippen LogP contribution in [0.15, 0.2) is 34.9 Å². The molecule has 0 aliphatic rings. The number of hydrogen-bond acceptors (Lipinski definition) is 4. The third-order valence-electron chi connectivity index (χ3n) is 4.19. The molecule has 0 spiro atoms. The molecule has 0 heterocycles. The van der Waals surface area contributed by atoms with Crippen molar-refractivity contribution in [3.63, 3.8) is 0 Å². The van der Waals surface area contributed by atoms with Crippen LogP contribution in [0.4, 0.5) is 0 Å². The second-order valence-corrected chi connectivity index (χ2v) is 10.9. The average molecular weight is 452 g/mol. The summed E-state index contributed by atoms with van der Waals surface area (Å²) >= 11 is 0. The fourth-order valence-corrected chi connectivity index (χ4v) is 4.55. The topological polar surface area (TPSA) is 113 Å². The molecule has 29 heavy (non-hydrogen) atoms. The molecule has 3 unspecified atom stereocenters. The number of allylic oxidation sites excluding steroid dienone is 5. The molecule has 0 saturated carbocycles. The third kappa shape index (κ3) is 18.0. The molecule has 0 bridgehead atoms. The van der Waals surface area contributed by atoms with Crippen LogP contribution in [0.2, 0.25) is 0 Å². The van der Waals surface area contributed by atoms with Gasteiger partial charge in [0.25, 0.3) is 0 Å². The van der Waals surface area contributed by atoms with E-state index in [0.717, 1.165) is 31.3 Å². The Morgan fingerprint density at radius 1 is 0.931 bits per heavy atom. The van der Waals surface area contributed by atoms with Crippen molar-refractivity contribution in [1.29, 1.82) is 0 Å². The van der Waals surface area contributed by atoms with Crippen molar-refractivity contribution in [3.8, 4) is 0 Å². The van der Waals surface area contributed by atoms with Crippen LogP contribution in [-0.2, 0) is 18.0 Å². The summed E-state index contributed by atoms with van der Waals surface area (Å²) in [7, 11) is -10.0. The molecule has 3 atom stereocenters. The van der Waals surface area contributed by atoms with Crippen molar-refractivity contribution >= 4 is 15.6 Å². The van der Waals surface area contributed by atoms with Crippen molar-refractivity contribution in [2.45, 2.75) is 86.2 Å². The molecule has 0 aliphatic heterocycles. The molecule has 0 amide bonds. The average Bonchev–Trinajstić information content (AvgIpc) is 2.49. The van der Waals surface area contributed by atoms with E-state index in [0.29, 0.717) is 12.8 Å². The predicted octanol–water partition coefficient (Wildman–Crippen LogP) is 6.44. The summed E-state index contributed by atoms with van der Waals surface area (Å²) in [4.78, 5) is 27.4. The van der Waals surface area contributed by atoms with Gasteiger partial charge in [0.2, 0.25) is 0 Å². The van der Waals surface area contributed by atoms with E-state index >= 15 is 0 Å². The molecule has 0 fully saturated rings. The quantitative estimate of drug-likeness (QED) is 0.205. The molecule has 170 valence electrons. The van der Waals surface area contributed by atoms with Crippen LogP contribution >= 0.6 is 15.6 Å². The Kier molecular flexibility index (Phi) is 13.5. The second-order valence-electron chi connectivity index (χ2n) is 8.07. The first-order valence-corrected chi connectivity index (χ1v) is 12.9. The van der Waals surface area contributed by atoms with E-state index in [2.05, 4.69) is 16.5 Å². The normalized spacial score (nSPS) is 16.7. The molecule has 0 radical (unpaired) electrons. The first-order chi connectivity index (χ1) is 13.2. The van der Waals surface area contributed by atoms with E-state index in [9.17, 15) is 14.0 Å². The summed E-state index contributed by atoms with van der Waals surface area (Å²) in [6, 6.07) is 0. The van der Waals surface area contributed by atoms with Crippen LogP contribution in [0.5, 0.6) is 0 Å². The summed E-state index contributed by atoms with van der Waals surface area (Å²) in [5.41, 5.74) is 3.60. The highest BCUT2D eigenvalue weighted by Gasteiger charge is 2.35. The largest absolute Gasteiger partial charge is 0.481 e. The van der Waals surface area contributed by atoms with E-state index in [1.54, 1.807) is 0 Å². The van der Waals surface area contributed by atoms with Crippen LogP contribution < -0.4 is 0 Å². The molecule has 0 rings (SSSR count). The van der Waals surface area contributed by atoms with Crippen LogP contribution in [0.1, 0.15) is 80.1 Å². The smallest absolute Gasteiger partial charge is 0.302 e. The van der Waals surface area contributed by atoms with Gasteiger partial charge in [0.15, 0.2) is 0 Å². The van der Waals surface area contributed by atoms with Crippen molar-refractivity contribution in [2.75, 3.05) is 0 Å². The highest BCUT2D eigenvalue weighted by Crippen LogP contribution is 2.58. The van der Waals surface area contributed by atoms with Crippen LogP contribution in [0.25, 0.3) is 0 Å². The standard InChI is InChI=1S/C20H38O7P2/c1-16(2)9-7-11-18(5)13-14-20(15-19(6)12-8-10-17(3)4)26-29(24,25)27-28(21,22)23/h9-10,13,19-20H,7-8,11-12,14-15H2,1-6H3,(H,24,25)(H2,21,22,23)/b18-13+. The Morgan fingerprint density at radius 3 is 2.00 bits per heavy atom. The molecular weight excluding hydrogens is 414 g/mol. The zero-order valence-corrected chi connectivity index (χ0v) is 20.3. The predicted molar refractivity (Wildman–Crippen MR) is 117 cm³/mol. The summed E-state index contributed by atoms with van der Waals surface area (Å²) in [6.45, 7) is 12.1. The molecule has 7 nitrogen and oxygen atoms in total. The number of phosphoric acid groups is 2. The Hall–Kier alpha value is -0.520. The summed E-state index contributed by atoms with van der Waals surface area (Å²) in [5, 5.41) is 0. The Labute approximate surface area is 175 Å². The maximum absolute atomic E-state index is 12.0. The van der Waals surface area contributed by atoms with Gasteiger partial charge >= 0.3 is 15.6 Å². The lowest BCUT2D eigenvalue weighted by molar-refractivity contribution is 0.111. The fourth-order valence-electron chi connectivity index (χ4n) is 2.77. The molecule has 0 aliphatic carbocycles. The van der Waals surface area contributed by atoms with Gasteiger partial charge in [-0.15, -0.1) is 0 Å². The lowest BCUT2D eigenvalue weighted by Crippen LogP contribution is -2.15. The van der Waals surface area contributed by atoms with Crippen molar-refractivity contribution in [3.05, 3.63) is 34.9 Å². The first-order valence-electron chi connectivity index (χ1n) is 9.90. The van der Waals surface area contributed by atoms with Gasteiger partial charge in [-0.25, -0.2) is 9.13 Å². The SMILES string of the molecule is CC(C)=CCC/C(C)=C/CC(CC(C)CCC=C(C)C)OP(=O)(O)OP(=O)(O)O. The van der Waals surface area contributed by atoms with E-state index < -0.39 is 21.7 Å². The van der Waals surface area contributed by atoms with E-state index in [1.165, 1.54) is 11.1 Å². The number of phosphoric ester groups is 1. The van der Waals surface area contributed by atoms with Gasteiger partial charge in [-0.3, -0.25) is 4.52 Å². The minimum Gasteiger partial charge on any atom is -0.302 e. The highest BCUT2D eigenvalue weighted by atomic mass is 31.3. The highest BCUT2D eigenvalue weighted by molar-refractivity contribution is 7.60. The summed E-state index contributed by atoms with van der Waals surface area (Å²) in [6.07, 6.45) is 9.93. The van der Waals surface area contributed by atoms with Crippen LogP contribution in [0.3, 0.4) is 0 Å². The summed E-state index contributed by atoms with van der Waals surface area (Å²) < 4.78 is 32.0. The third-order valence-corrected chi connectivity index (χ3v) is 6.43. The lowest BCUT2D eigenvalue weighted by Gasteiger charge is -2.23. The van der Waals surface area contributed by atoms with Crippen molar-refractivity contribution in [1.82, 2.24) is 0 Å². The Morgan fingerprint density at radius 2 is 1.48 bits per heavy atom. The fraction of sp³-hybridized carbons (Fsp3) is 0.700. The van der Waals surface area contributed by atoms with Crippen molar-refractivity contribution < 1.29 is 32.6 Å². The molecule has 0 saturated heterocycles. The van der Waals surface area contributed by atoms with Gasteiger partial charge in [0, 0.05) is 0 Å². The minimum atomic E-state index is -5.14. The van der Waals surface area contributed by atoms with Gasteiger partial charge in [0.1, 0.15) is 0 Å². The summed E-state index contributed by atoms with van der Waals surface area (Å²) in [5.74, 6) is 0.199. The van der Waals surface area contributed by atoms with Gasteiger partial charge in [0.05, 0.1) is 6.10 Å². The maximum atomic E-state index is 12.0.